The third kappa shape index (κ3) is 5.85. The van der Waals surface area contributed by atoms with Gasteiger partial charge in [0.05, 0.1) is 0 Å². The van der Waals surface area contributed by atoms with Crippen molar-refractivity contribution in [1.82, 2.24) is 0 Å². The Morgan fingerprint density at radius 2 is 0.978 bits per heavy atom. The van der Waals surface area contributed by atoms with E-state index in [1.165, 1.54) is 92.5 Å². The van der Waals surface area contributed by atoms with E-state index >= 15 is 0 Å². The average Bonchev–Trinajstić information content (AvgIpc) is 3.59. The van der Waals surface area contributed by atoms with Crippen LogP contribution < -0.4 is 0 Å². The van der Waals surface area contributed by atoms with E-state index in [4.69, 9.17) is 17.0 Å². The first kappa shape index (κ1) is 33.9. The van der Waals surface area contributed by atoms with Crippen LogP contribution in [0.5, 0.6) is 0 Å². The quantitative estimate of drug-likeness (QED) is 0.134. The molecule has 0 heterocycles. The molecule has 0 amide bonds. The van der Waals surface area contributed by atoms with Gasteiger partial charge in [0.25, 0.3) is 0 Å². The molecule has 4 aromatic rings. The van der Waals surface area contributed by atoms with Crippen molar-refractivity contribution in [3.05, 3.63) is 129 Å². The van der Waals surface area contributed by atoms with Crippen molar-refractivity contribution in [1.29, 1.82) is 0 Å². The fourth-order valence-electron chi connectivity index (χ4n) is 8.37. The standard InChI is InChI=1S/2C20H21.C2H7Si.2ClH.Zr/c2*1-3-4-6-16-9-11-17(12-10-16)19-8-5-7-18-13-15(2)14-20(18)19;1-3-2;;;/h2*5,7-14H,3-4,6H2,1-2H3;3H,1-2H3;2*1H;/q;;;;;+2/p-2. The number of aryl methyl sites for hydroxylation is 2. The maximum absolute atomic E-state index is 8.48. The van der Waals surface area contributed by atoms with Crippen LogP contribution in [0, 0.1) is 0 Å². The van der Waals surface area contributed by atoms with Crippen molar-refractivity contribution >= 4 is 35.1 Å². The zero-order valence-electron chi connectivity index (χ0n) is 28.5. The topological polar surface area (TPSA) is 0 Å². The van der Waals surface area contributed by atoms with Gasteiger partial charge in [0.2, 0.25) is 0 Å². The Morgan fingerprint density at radius 3 is 1.33 bits per heavy atom. The molecule has 0 fully saturated rings. The van der Waals surface area contributed by atoms with Gasteiger partial charge in [0.15, 0.2) is 0 Å². The molecule has 0 spiro atoms. The summed E-state index contributed by atoms with van der Waals surface area (Å²) in [6.45, 7) is 14.0. The predicted molar refractivity (Wildman–Crippen MR) is 204 cm³/mol. The van der Waals surface area contributed by atoms with Crippen molar-refractivity contribution in [2.24, 2.45) is 0 Å². The minimum absolute atomic E-state index is 0.107. The molecule has 0 nitrogen and oxygen atoms in total. The average molecular weight is 744 g/mol. The summed E-state index contributed by atoms with van der Waals surface area (Å²) >= 11 is -4.70. The Hall–Kier alpha value is -1.96. The van der Waals surface area contributed by atoms with Crippen molar-refractivity contribution in [3.63, 3.8) is 0 Å². The van der Waals surface area contributed by atoms with Crippen molar-refractivity contribution in [2.75, 3.05) is 0 Å². The molecule has 46 heavy (non-hydrogen) atoms. The van der Waals surface area contributed by atoms with E-state index in [1.807, 2.05) is 0 Å². The molecule has 0 bridgehead atoms. The summed E-state index contributed by atoms with van der Waals surface area (Å²) in [5.41, 5.74) is 16.0. The molecule has 0 saturated carbocycles. The van der Waals surface area contributed by atoms with Crippen LogP contribution in [-0.4, -0.2) is 5.92 Å². The molecule has 2 aliphatic rings. The Morgan fingerprint density at radius 1 is 0.587 bits per heavy atom. The Labute approximate surface area is 286 Å². The van der Waals surface area contributed by atoms with Crippen molar-refractivity contribution in [2.45, 2.75) is 86.6 Å². The predicted octanol–water partition coefficient (Wildman–Crippen LogP) is 13.3. The molecule has 2 aliphatic carbocycles. The van der Waals surface area contributed by atoms with Crippen LogP contribution in [0.4, 0.5) is 0 Å². The van der Waals surface area contributed by atoms with E-state index in [0.29, 0.717) is 0 Å². The molecular weight excluding hydrogens is 695 g/mol. The van der Waals surface area contributed by atoms with Gasteiger partial charge >= 0.3 is 289 Å². The molecule has 4 aromatic carbocycles. The molecule has 0 radical (unpaired) electrons. The number of allylic oxidation sites excluding steroid dienone is 2. The third-order valence-electron chi connectivity index (χ3n) is 10.9. The van der Waals surface area contributed by atoms with Gasteiger partial charge in [-0.25, -0.2) is 0 Å². The van der Waals surface area contributed by atoms with Crippen LogP contribution in [0.1, 0.15) is 94.0 Å². The van der Waals surface area contributed by atoms with Crippen LogP contribution in [0.2, 0.25) is 13.1 Å². The summed E-state index contributed by atoms with van der Waals surface area (Å²) in [5, 5.41) is 0. The summed E-state index contributed by atoms with van der Waals surface area (Å²) in [5.74, 6) is -1.57. The van der Waals surface area contributed by atoms with Crippen LogP contribution in [0.15, 0.2) is 96.1 Å². The van der Waals surface area contributed by atoms with E-state index in [0.717, 1.165) is 12.8 Å². The Balaban J connectivity index is 1.43. The third-order valence-corrected chi connectivity index (χ3v) is 63.2. The minimum atomic E-state index is -4.70. The van der Waals surface area contributed by atoms with Crippen LogP contribution in [-0.2, 0) is 28.4 Å². The zero-order chi connectivity index (χ0) is 32.7. The van der Waals surface area contributed by atoms with Gasteiger partial charge in [-0.05, 0) is 0 Å². The van der Waals surface area contributed by atoms with Gasteiger partial charge in [0.1, 0.15) is 0 Å². The first-order valence-electron chi connectivity index (χ1n) is 17.5. The summed E-state index contributed by atoms with van der Waals surface area (Å²) < 4.78 is 0.215. The fraction of sp³-hybridized carbons (Fsp3) is 0.333. The van der Waals surface area contributed by atoms with Crippen LogP contribution in [0.25, 0.3) is 34.4 Å². The normalized spacial score (nSPS) is 18.2. The van der Waals surface area contributed by atoms with E-state index in [9.17, 15) is 0 Å². The van der Waals surface area contributed by atoms with Crippen molar-refractivity contribution < 1.29 is 15.6 Å². The summed E-state index contributed by atoms with van der Waals surface area (Å²) in [7, 11) is 17.0. The Kier molecular flexibility index (Phi) is 9.96. The summed E-state index contributed by atoms with van der Waals surface area (Å²) in [4.78, 5) is 0. The van der Waals surface area contributed by atoms with Crippen molar-refractivity contribution in [3.8, 4) is 22.3 Å². The monoisotopic (exact) mass is 741 g/mol. The fourth-order valence-corrected chi connectivity index (χ4v) is 41.3. The molecule has 239 valence electrons. The number of unbranched alkanes of at least 4 members (excludes halogenated alkanes) is 2. The van der Waals surface area contributed by atoms with Gasteiger partial charge < -0.3 is 0 Å². The molecule has 0 aromatic heterocycles. The molecule has 6 rings (SSSR count). The molecular formula is C42H49Cl2SiZr. The van der Waals surface area contributed by atoms with Gasteiger partial charge in [-0.15, -0.1) is 0 Å². The molecule has 4 heteroatoms. The second-order valence-electron chi connectivity index (χ2n) is 14.2. The van der Waals surface area contributed by atoms with Gasteiger partial charge in [-0.3, -0.25) is 0 Å². The Bertz CT molecular complexity index is 1670. The molecule has 2 atom stereocenters. The van der Waals surface area contributed by atoms with Crippen LogP contribution >= 0.6 is 17.0 Å². The first-order valence-corrected chi connectivity index (χ1v) is 33.8. The van der Waals surface area contributed by atoms with Gasteiger partial charge in [-0.1, -0.05) is 0 Å². The number of rotatable bonds is 11. The molecule has 0 aliphatic heterocycles. The van der Waals surface area contributed by atoms with Crippen LogP contribution in [0.3, 0.4) is 0 Å². The van der Waals surface area contributed by atoms with E-state index in [2.05, 4.69) is 138 Å². The molecule has 0 N–H and O–H groups in total. The number of halogens is 2. The van der Waals surface area contributed by atoms with E-state index in [-0.39, 0.29) is 7.25 Å². The summed E-state index contributed by atoms with van der Waals surface area (Å²) in [6.07, 6.45) is 12.0. The van der Waals surface area contributed by atoms with Gasteiger partial charge in [0, 0.05) is 0 Å². The second-order valence-corrected chi connectivity index (χ2v) is 56.7. The van der Waals surface area contributed by atoms with Gasteiger partial charge in [-0.2, -0.15) is 0 Å². The molecule has 2 unspecified atom stereocenters. The van der Waals surface area contributed by atoms with E-state index in [1.54, 1.807) is 0 Å². The SMILES string of the molecule is CCCCc1ccc(-c2cccc3c2C=C(C)[CH]3[Zr]([Cl])([Cl])([CH]2C(C)=Cc3c(-c4ccc(CCCC)cc4)cccc32)[SiH](C)C)cc1. The number of benzene rings is 4. The zero-order valence-corrected chi connectivity index (χ0v) is 33.6. The maximum atomic E-state index is 8.48. The number of hydrogen-bond acceptors (Lipinski definition) is 0. The number of hydrogen-bond donors (Lipinski definition) is 0. The number of fused-ring (bicyclic) bond motifs is 2. The first-order chi connectivity index (χ1) is 22.1. The second kappa shape index (κ2) is 13.5. The molecule has 0 saturated heterocycles. The summed E-state index contributed by atoms with van der Waals surface area (Å²) in [6, 6.07) is 32.1. The van der Waals surface area contributed by atoms with E-state index < -0.39 is 21.5 Å².